The zero-order chi connectivity index (χ0) is 13.4. The van der Waals surface area contributed by atoms with E-state index in [0.29, 0.717) is 6.04 Å². The van der Waals surface area contributed by atoms with Gasteiger partial charge in [0, 0.05) is 11.4 Å². The molecule has 1 N–H and O–H groups in total. The van der Waals surface area contributed by atoms with Crippen molar-refractivity contribution in [3.63, 3.8) is 0 Å². The Kier molecular flexibility index (Phi) is 3.49. The SMILES string of the molecule is Cc1cc(C)c2c(C)c(CNC(C)C)oc2c1C. The number of benzene rings is 1. The molecule has 0 fully saturated rings. The van der Waals surface area contributed by atoms with Gasteiger partial charge in [0.1, 0.15) is 11.3 Å². The predicted octanol–water partition coefficient (Wildman–Crippen LogP) is 4.16. The molecule has 0 amide bonds. The van der Waals surface area contributed by atoms with Gasteiger partial charge in [-0.3, -0.25) is 0 Å². The molecule has 0 spiro atoms. The second-order valence-electron chi connectivity index (χ2n) is 5.53. The molecule has 0 aliphatic rings. The topological polar surface area (TPSA) is 25.2 Å². The summed E-state index contributed by atoms with van der Waals surface area (Å²) in [6, 6.07) is 2.72. The van der Waals surface area contributed by atoms with E-state index < -0.39 is 0 Å². The van der Waals surface area contributed by atoms with Crippen LogP contribution in [0.25, 0.3) is 11.0 Å². The van der Waals surface area contributed by atoms with Crippen molar-refractivity contribution in [1.82, 2.24) is 5.32 Å². The lowest BCUT2D eigenvalue weighted by Gasteiger charge is -2.05. The van der Waals surface area contributed by atoms with Crippen LogP contribution in [0.2, 0.25) is 0 Å². The zero-order valence-corrected chi connectivity index (χ0v) is 12.3. The van der Waals surface area contributed by atoms with Crippen LogP contribution in [0.5, 0.6) is 0 Å². The third-order valence-electron chi connectivity index (χ3n) is 3.68. The first-order valence-electron chi connectivity index (χ1n) is 6.64. The molecule has 0 saturated carbocycles. The van der Waals surface area contributed by atoms with Crippen molar-refractivity contribution in [2.75, 3.05) is 0 Å². The Morgan fingerprint density at radius 1 is 1.06 bits per heavy atom. The lowest BCUT2D eigenvalue weighted by molar-refractivity contribution is 0.484. The minimum atomic E-state index is 0.474. The summed E-state index contributed by atoms with van der Waals surface area (Å²) in [4.78, 5) is 0. The molecule has 2 heteroatoms. The molecule has 0 aliphatic carbocycles. The van der Waals surface area contributed by atoms with Gasteiger partial charge in [-0.05, 0) is 49.9 Å². The van der Waals surface area contributed by atoms with Crippen LogP contribution in [0.3, 0.4) is 0 Å². The van der Waals surface area contributed by atoms with Gasteiger partial charge < -0.3 is 9.73 Å². The molecule has 1 aromatic carbocycles. The number of aryl methyl sites for hydroxylation is 4. The van der Waals surface area contributed by atoms with E-state index in [1.54, 1.807) is 0 Å². The fourth-order valence-corrected chi connectivity index (χ4v) is 2.45. The van der Waals surface area contributed by atoms with Gasteiger partial charge in [0.2, 0.25) is 0 Å². The minimum absolute atomic E-state index is 0.474. The number of fused-ring (bicyclic) bond motifs is 1. The van der Waals surface area contributed by atoms with E-state index in [4.69, 9.17) is 4.42 Å². The summed E-state index contributed by atoms with van der Waals surface area (Å²) >= 11 is 0. The minimum Gasteiger partial charge on any atom is -0.459 e. The Morgan fingerprint density at radius 3 is 2.33 bits per heavy atom. The van der Waals surface area contributed by atoms with E-state index in [1.165, 1.54) is 27.6 Å². The molecule has 0 saturated heterocycles. The highest BCUT2D eigenvalue weighted by Crippen LogP contribution is 2.32. The van der Waals surface area contributed by atoms with Crippen LogP contribution in [-0.4, -0.2) is 6.04 Å². The lowest BCUT2D eigenvalue weighted by Crippen LogP contribution is -2.21. The molecule has 0 bridgehead atoms. The van der Waals surface area contributed by atoms with Gasteiger partial charge in [0.05, 0.1) is 6.54 Å². The Balaban J connectivity index is 2.55. The van der Waals surface area contributed by atoms with E-state index in [9.17, 15) is 0 Å². The number of furan rings is 1. The summed E-state index contributed by atoms with van der Waals surface area (Å²) in [5, 5.41) is 4.71. The molecule has 0 atom stereocenters. The van der Waals surface area contributed by atoms with Crippen molar-refractivity contribution in [3.05, 3.63) is 34.1 Å². The fraction of sp³-hybridized carbons (Fsp3) is 0.500. The molecule has 2 aromatic rings. The van der Waals surface area contributed by atoms with Crippen LogP contribution < -0.4 is 5.32 Å². The first-order chi connectivity index (χ1) is 8.41. The van der Waals surface area contributed by atoms with E-state index in [0.717, 1.165) is 17.9 Å². The molecular weight excluding hydrogens is 222 g/mol. The maximum Gasteiger partial charge on any atom is 0.138 e. The summed E-state index contributed by atoms with van der Waals surface area (Å²) in [5.74, 6) is 1.07. The second-order valence-corrected chi connectivity index (χ2v) is 5.53. The fourth-order valence-electron chi connectivity index (χ4n) is 2.45. The summed E-state index contributed by atoms with van der Waals surface area (Å²) in [6.45, 7) is 13.7. The van der Waals surface area contributed by atoms with Gasteiger partial charge in [-0.25, -0.2) is 0 Å². The normalized spacial score (nSPS) is 11.7. The van der Waals surface area contributed by atoms with E-state index >= 15 is 0 Å². The van der Waals surface area contributed by atoms with E-state index in [2.05, 4.69) is 52.9 Å². The average molecular weight is 245 g/mol. The van der Waals surface area contributed by atoms with Gasteiger partial charge >= 0.3 is 0 Å². The first kappa shape index (κ1) is 13.2. The van der Waals surface area contributed by atoms with Crippen molar-refractivity contribution in [2.24, 2.45) is 0 Å². The summed E-state index contributed by atoms with van der Waals surface area (Å²) in [6.07, 6.45) is 0. The summed E-state index contributed by atoms with van der Waals surface area (Å²) in [7, 11) is 0. The Hall–Kier alpha value is -1.28. The van der Waals surface area contributed by atoms with Gasteiger partial charge in [0.25, 0.3) is 0 Å². The highest BCUT2D eigenvalue weighted by atomic mass is 16.3. The van der Waals surface area contributed by atoms with Crippen molar-refractivity contribution in [3.8, 4) is 0 Å². The van der Waals surface area contributed by atoms with Crippen molar-refractivity contribution in [2.45, 2.75) is 54.1 Å². The third-order valence-corrected chi connectivity index (χ3v) is 3.68. The molecule has 18 heavy (non-hydrogen) atoms. The predicted molar refractivity (Wildman–Crippen MR) is 77.1 cm³/mol. The highest BCUT2D eigenvalue weighted by molar-refractivity contribution is 5.88. The second kappa shape index (κ2) is 4.77. The number of rotatable bonds is 3. The van der Waals surface area contributed by atoms with E-state index in [-0.39, 0.29) is 0 Å². The van der Waals surface area contributed by atoms with E-state index in [1.807, 2.05) is 0 Å². The molecule has 2 nitrogen and oxygen atoms in total. The molecule has 0 aliphatic heterocycles. The molecule has 0 radical (unpaired) electrons. The monoisotopic (exact) mass is 245 g/mol. The third kappa shape index (κ3) is 2.17. The summed E-state index contributed by atoms with van der Waals surface area (Å²) in [5.41, 5.74) is 6.21. The van der Waals surface area contributed by atoms with Gasteiger partial charge in [0.15, 0.2) is 0 Å². The van der Waals surface area contributed by atoms with Crippen LogP contribution in [0.4, 0.5) is 0 Å². The van der Waals surface area contributed by atoms with Crippen LogP contribution >= 0.6 is 0 Å². The molecule has 1 aromatic heterocycles. The maximum atomic E-state index is 6.08. The van der Waals surface area contributed by atoms with Crippen LogP contribution in [0.15, 0.2) is 10.5 Å². The zero-order valence-electron chi connectivity index (χ0n) is 12.3. The molecule has 0 unspecified atom stereocenters. The smallest absolute Gasteiger partial charge is 0.138 e. The summed E-state index contributed by atoms with van der Waals surface area (Å²) < 4.78 is 6.08. The number of hydrogen-bond acceptors (Lipinski definition) is 2. The van der Waals surface area contributed by atoms with Gasteiger partial charge in [-0.15, -0.1) is 0 Å². The Labute approximate surface area is 109 Å². The average Bonchev–Trinajstić information content (AvgIpc) is 2.61. The van der Waals surface area contributed by atoms with Crippen LogP contribution in [0.1, 0.15) is 41.9 Å². The quantitative estimate of drug-likeness (QED) is 0.878. The largest absolute Gasteiger partial charge is 0.459 e. The Morgan fingerprint density at radius 2 is 1.72 bits per heavy atom. The number of hydrogen-bond donors (Lipinski definition) is 1. The van der Waals surface area contributed by atoms with Gasteiger partial charge in [-0.2, -0.15) is 0 Å². The van der Waals surface area contributed by atoms with Crippen molar-refractivity contribution < 1.29 is 4.42 Å². The van der Waals surface area contributed by atoms with Crippen molar-refractivity contribution in [1.29, 1.82) is 0 Å². The molecule has 1 heterocycles. The van der Waals surface area contributed by atoms with Gasteiger partial charge in [-0.1, -0.05) is 19.9 Å². The molecule has 2 rings (SSSR count). The Bertz CT molecular complexity index is 579. The van der Waals surface area contributed by atoms with Crippen LogP contribution in [-0.2, 0) is 6.54 Å². The first-order valence-corrected chi connectivity index (χ1v) is 6.64. The maximum absolute atomic E-state index is 6.08. The number of nitrogens with one attached hydrogen (secondary N) is 1. The highest BCUT2D eigenvalue weighted by Gasteiger charge is 2.15. The lowest BCUT2D eigenvalue weighted by atomic mass is 10.00. The molecule has 98 valence electrons. The standard InChI is InChI=1S/C16H23NO/c1-9(2)17-8-14-13(6)15-11(4)7-10(3)12(5)16(15)18-14/h7,9,17H,8H2,1-6H3. The molecular formula is C16H23NO. The van der Waals surface area contributed by atoms with Crippen molar-refractivity contribution >= 4 is 11.0 Å². The van der Waals surface area contributed by atoms with Crippen LogP contribution in [0, 0.1) is 27.7 Å².